The molecule has 0 atom stereocenters. The monoisotopic (exact) mass is 362 g/mol. The summed E-state index contributed by atoms with van der Waals surface area (Å²) in [6, 6.07) is 14.3. The summed E-state index contributed by atoms with van der Waals surface area (Å²) < 4.78 is 5.19. The van der Waals surface area contributed by atoms with E-state index in [-0.39, 0.29) is 0 Å². The van der Waals surface area contributed by atoms with Gasteiger partial charge in [0.05, 0.1) is 7.11 Å². The van der Waals surface area contributed by atoms with Crippen LogP contribution in [0.25, 0.3) is 0 Å². The number of nitrogens with one attached hydrogen (secondary N) is 2. The van der Waals surface area contributed by atoms with Gasteiger partial charge in [0, 0.05) is 18.4 Å². The molecule has 0 fully saturated rings. The second kappa shape index (κ2) is 8.54. The Morgan fingerprint density at radius 2 is 1.67 bits per heavy atom. The van der Waals surface area contributed by atoms with Crippen molar-refractivity contribution < 1.29 is 4.74 Å². The Morgan fingerprint density at radius 1 is 0.963 bits per heavy atom. The third kappa shape index (κ3) is 4.97. The van der Waals surface area contributed by atoms with Crippen molar-refractivity contribution in [3.63, 3.8) is 0 Å². The van der Waals surface area contributed by atoms with Crippen LogP contribution in [0.15, 0.2) is 48.7 Å². The number of aromatic nitrogens is 2. The lowest BCUT2D eigenvalue weighted by Crippen LogP contribution is -2.08. The van der Waals surface area contributed by atoms with E-state index in [1.165, 1.54) is 22.3 Å². The average molecular weight is 362 g/mol. The summed E-state index contributed by atoms with van der Waals surface area (Å²) >= 11 is 0. The molecule has 5 nitrogen and oxygen atoms in total. The number of rotatable bonds is 7. The molecule has 1 heterocycles. The van der Waals surface area contributed by atoms with Gasteiger partial charge >= 0.3 is 0 Å². The van der Waals surface area contributed by atoms with Gasteiger partial charge in [-0.25, -0.2) is 4.98 Å². The molecule has 0 spiro atoms. The van der Waals surface area contributed by atoms with E-state index in [1.54, 1.807) is 13.3 Å². The molecule has 2 aromatic carbocycles. The zero-order valence-electron chi connectivity index (χ0n) is 16.3. The highest BCUT2D eigenvalue weighted by atomic mass is 16.5. The van der Waals surface area contributed by atoms with Crippen molar-refractivity contribution >= 4 is 17.5 Å². The predicted molar refractivity (Wildman–Crippen MR) is 111 cm³/mol. The molecular weight excluding hydrogens is 336 g/mol. The zero-order chi connectivity index (χ0) is 19.2. The first-order valence-corrected chi connectivity index (χ1v) is 9.10. The van der Waals surface area contributed by atoms with Crippen LogP contribution in [0.3, 0.4) is 0 Å². The van der Waals surface area contributed by atoms with Crippen LogP contribution in [-0.2, 0) is 6.42 Å². The molecule has 0 bridgehead atoms. The molecule has 3 aromatic rings. The van der Waals surface area contributed by atoms with Crippen molar-refractivity contribution in [1.29, 1.82) is 0 Å². The quantitative estimate of drug-likeness (QED) is 0.632. The van der Waals surface area contributed by atoms with Crippen LogP contribution in [-0.4, -0.2) is 23.6 Å². The van der Waals surface area contributed by atoms with Gasteiger partial charge in [-0.2, -0.15) is 4.98 Å². The van der Waals surface area contributed by atoms with Gasteiger partial charge in [0.1, 0.15) is 11.6 Å². The fourth-order valence-corrected chi connectivity index (χ4v) is 3.13. The van der Waals surface area contributed by atoms with Crippen molar-refractivity contribution in [2.45, 2.75) is 27.2 Å². The van der Waals surface area contributed by atoms with E-state index in [1.807, 2.05) is 18.2 Å². The Hall–Kier alpha value is -3.08. The molecule has 27 heavy (non-hydrogen) atoms. The van der Waals surface area contributed by atoms with Crippen LogP contribution in [0.4, 0.5) is 17.5 Å². The van der Waals surface area contributed by atoms with Gasteiger partial charge in [-0.15, -0.1) is 0 Å². The topological polar surface area (TPSA) is 59.1 Å². The van der Waals surface area contributed by atoms with Gasteiger partial charge in [-0.1, -0.05) is 29.8 Å². The van der Waals surface area contributed by atoms with E-state index in [0.717, 1.165) is 30.2 Å². The maximum absolute atomic E-state index is 5.19. The average Bonchev–Trinajstić information content (AvgIpc) is 2.65. The number of benzene rings is 2. The van der Waals surface area contributed by atoms with Crippen LogP contribution in [0, 0.1) is 20.8 Å². The molecular formula is C22H26N4O. The fourth-order valence-electron chi connectivity index (χ4n) is 3.13. The molecule has 1 aromatic heterocycles. The minimum absolute atomic E-state index is 0.597. The standard InChI is InChI=1S/C22H26N4O/c1-15-13-16(2)21(17(3)14-15)26-22-24-12-10-20(25-22)23-11-9-18-5-7-19(27-4)8-6-18/h5-8,10,12-14H,9,11H2,1-4H3,(H2,23,24,25,26). The lowest BCUT2D eigenvalue weighted by Gasteiger charge is -2.13. The molecule has 0 saturated heterocycles. The van der Waals surface area contributed by atoms with E-state index in [9.17, 15) is 0 Å². The summed E-state index contributed by atoms with van der Waals surface area (Å²) in [5.74, 6) is 2.28. The number of nitrogens with zero attached hydrogens (tertiary/aromatic N) is 2. The summed E-state index contributed by atoms with van der Waals surface area (Å²) in [4.78, 5) is 8.93. The van der Waals surface area contributed by atoms with Crippen molar-refractivity contribution in [2.24, 2.45) is 0 Å². The summed E-state index contributed by atoms with van der Waals surface area (Å²) in [5.41, 5.74) is 5.95. The van der Waals surface area contributed by atoms with E-state index >= 15 is 0 Å². The minimum atomic E-state index is 0.597. The zero-order valence-corrected chi connectivity index (χ0v) is 16.3. The molecule has 2 N–H and O–H groups in total. The molecule has 0 unspecified atom stereocenters. The van der Waals surface area contributed by atoms with E-state index in [2.05, 4.69) is 65.6 Å². The molecule has 5 heteroatoms. The summed E-state index contributed by atoms with van der Waals surface area (Å²) in [6.07, 6.45) is 2.68. The molecule has 140 valence electrons. The second-order valence-corrected chi connectivity index (χ2v) is 6.69. The Labute approximate surface area is 160 Å². The van der Waals surface area contributed by atoms with Crippen molar-refractivity contribution in [1.82, 2.24) is 9.97 Å². The molecule has 3 rings (SSSR count). The lowest BCUT2D eigenvalue weighted by atomic mass is 10.1. The summed E-state index contributed by atoms with van der Waals surface area (Å²) in [5, 5.41) is 6.72. The number of methoxy groups -OCH3 is 1. The van der Waals surface area contributed by atoms with Gasteiger partial charge < -0.3 is 15.4 Å². The SMILES string of the molecule is COc1ccc(CCNc2ccnc(Nc3c(C)cc(C)cc3C)n2)cc1. The van der Waals surface area contributed by atoms with Gasteiger partial charge in [0.25, 0.3) is 0 Å². The number of hydrogen-bond donors (Lipinski definition) is 2. The van der Waals surface area contributed by atoms with Crippen LogP contribution < -0.4 is 15.4 Å². The fraction of sp³-hybridized carbons (Fsp3) is 0.273. The lowest BCUT2D eigenvalue weighted by molar-refractivity contribution is 0.414. The Bertz CT molecular complexity index is 883. The van der Waals surface area contributed by atoms with Crippen LogP contribution >= 0.6 is 0 Å². The Kier molecular flexibility index (Phi) is 5.91. The van der Waals surface area contributed by atoms with Crippen LogP contribution in [0.1, 0.15) is 22.3 Å². The smallest absolute Gasteiger partial charge is 0.229 e. The van der Waals surface area contributed by atoms with E-state index in [4.69, 9.17) is 4.74 Å². The van der Waals surface area contributed by atoms with Gasteiger partial charge in [-0.3, -0.25) is 0 Å². The van der Waals surface area contributed by atoms with Gasteiger partial charge in [-0.05, 0) is 62.1 Å². The highest BCUT2D eigenvalue weighted by molar-refractivity contribution is 5.64. The molecule has 0 radical (unpaired) electrons. The van der Waals surface area contributed by atoms with Crippen molar-refractivity contribution in [2.75, 3.05) is 24.3 Å². The molecule has 0 aliphatic rings. The van der Waals surface area contributed by atoms with E-state index in [0.29, 0.717) is 5.95 Å². The maximum Gasteiger partial charge on any atom is 0.229 e. The summed E-state index contributed by atoms with van der Waals surface area (Å²) in [6.45, 7) is 7.09. The minimum Gasteiger partial charge on any atom is -0.497 e. The molecule has 0 aliphatic heterocycles. The largest absolute Gasteiger partial charge is 0.497 e. The number of hydrogen-bond acceptors (Lipinski definition) is 5. The van der Waals surface area contributed by atoms with Crippen LogP contribution in [0.2, 0.25) is 0 Å². The Morgan fingerprint density at radius 3 is 2.33 bits per heavy atom. The van der Waals surface area contributed by atoms with Gasteiger partial charge in [0.15, 0.2) is 0 Å². The third-order valence-electron chi connectivity index (χ3n) is 4.45. The second-order valence-electron chi connectivity index (χ2n) is 6.69. The first-order valence-electron chi connectivity index (χ1n) is 9.10. The first kappa shape index (κ1) is 18.7. The highest BCUT2D eigenvalue weighted by Crippen LogP contribution is 2.24. The molecule has 0 aliphatic carbocycles. The van der Waals surface area contributed by atoms with Gasteiger partial charge in [0.2, 0.25) is 5.95 Å². The third-order valence-corrected chi connectivity index (χ3v) is 4.45. The van der Waals surface area contributed by atoms with Crippen molar-refractivity contribution in [3.8, 4) is 5.75 Å². The number of ether oxygens (including phenoxy) is 1. The highest BCUT2D eigenvalue weighted by Gasteiger charge is 2.06. The number of anilines is 3. The normalized spacial score (nSPS) is 10.5. The summed E-state index contributed by atoms with van der Waals surface area (Å²) in [7, 11) is 1.68. The maximum atomic E-state index is 5.19. The Balaban J connectivity index is 1.62. The molecule has 0 saturated carbocycles. The van der Waals surface area contributed by atoms with Crippen LogP contribution in [0.5, 0.6) is 5.75 Å². The number of aryl methyl sites for hydroxylation is 3. The van der Waals surface area contributed by atoms with Crippen molar-refractivity contribution in [3.05, 3.63) is 70.9 Å². The van der Waals surface area contributed by atoms with E-state index < -0.39 is 0 Å². The first-order chi connectivity index (χ1) is 13.0. The predicted octanol–water partition coefficient (Wildman–Crippen LogP) is 4.81. The molecule has 0 amide bonds.